The Morgan fingerprint density at radius 3 is 2.62 bits per heavy atom. The van der Waals surface area contributed by atoms with Crippen LogP contribution in [0.3, 0.4) is 0 Å². The molecule has 5 nitrogen and oxygen atoms in total. The highest BCUT2D eigenvalue weighted by Crippen LogP contribution is 2.25. The van der Waals surface area contributed by atoms with Gasteiger partial charge in [-0.05, 0) is 31.5 Å². The van der Waals surface area contributed by atoms with Gasteiger partial charge in [-0.3, -0.25) is 4.79 Å². The van der Waals surface area contributed by atoms with Gasteiger partial charge in [-0.25, -0.2) is 9.97 Å². The third kappa shape index (κ3) is 4.82. The maximum Gasteiger partial charge on any atom is 0.274 e. The molecule has 1 heterocycles. The van der Waals surface area contributed by atoms with E-state index in [1.807, 2.05) is 11.9 Å². The van der Waals surface area contributed by atoms with Gasteiger partial charge < -0.3 is 10.2 Å². The molecule has 0 atom stereocenters. The molecular formula is C17H20Cl2N4O. The number of anilines is 2. The highest BCUT2D eigenvalue weighted by molar-refractivity contribution is 6.42. The van der Waals surface area contributed by atoms with Crippen molar-refractivity contribution in [1.82, 2.24) is 9.97 Å². The van der Waals surface area contributed by atoms with Crippen molar-refractivity contribution in [3.63, 3.8) is 0 Å². The van der Waals surface area contributed by atoms with Gasteiger partial charge in [0.05, 0.1) is 10.0 Å². The van der Waals surface area contributed by atoms with Crippen LogP contribution in [0.15, 0.2) is 24.3 Å². The molecule has 0 aliphatic carbocycles. The van der Waals surface area contributed by atoms with Gasteiger partial charge in [0, 0.05) is 25.3 Å². The fourth-order valence-electron chi connectivity index (χ4n) is 2.14. The minimum atomic E-state index is -0.316. The number of carbonyl (C=O) groups excluding carboxylic acids is 1. The van der Waals surface area contributed by atoms with Crippen molar-refractivity contribution in [2.75, 3.05) is 23.8 Å². The number of rotatable bonds is 6. The molecule has 1 aromatic heterocycles. The Balaban J connectivity index is 2.19. The van der Waals surface area contributed by atoms with Crippen molar-refractivity contribution in [1.29, 1.82) is 0 Å². The van der Waals surface area contributed by atoms with E-state index in [9.17, 15) is 4.79 Å². The molecular weight excluding hydrogens is 347 g/mol. The highest BCUT2D eigenvalue weighted by Gasteiger charge is 2.13. The molecule has 2 rings (SSSR count). The van der Waals surface area contributed by atoms with Gasteiger partial charge in [0.2, 0.25) is 0 Å². The first kappa shape index (κ1) is 18.5. The molecule has 0 bridgehead atoms. The zero-order valence-corrected chi connectivity index (χ0v) is 15.4. The lowest BCUT2D eigenvalue weighted by Crippen LogP contribution is -2.22. The summed E-state index contributed by atoms with van der Waals surface area (Å²) in [5.74, 6) is 0.967. The third-order valence-corrected chi connectivity index (χ3v) is 4.21. The summed E-state index contributed by atoms with van der Waals surface area (Å²) in [6.45, 7) is 4.78. The number of carbonyl (C=O) groups is 1. The van der Waals surface area contributed by atoms with Gasteiger partial charge in [-0.1, -0.05) is 36.5 Å². The normalized spacial score (nSPS) is 10.5. The van der Waals surface area contributed by atoms with Crippen molar-refractivity contribution >= 4 is 40.6 Å². The van der Waals surface area contributed by atoms with Crippen molar-refractivity contribution in [2.45, 2.75) is 26.7 Å². The zero-order chi connectivity index (χ0) is 17.7. The molecule has 0 saturated carbocycles. The molecule has 128 valence electrons. The van der Waals surface area contributed by atoms with Crippen LogP contribution in [0.2, 0.25) is 10.0 Å². The lowest BCUT2D eigenvalue weighted by atomic mass is 10.2. The van der Waals surface area contributed by atoms with Crippen LogP contribution in [0.5, 0.6) is 0 Å². The summed E-state index contributed by atoms with van der Waals surface area (Å²) < 4.78 is 0. The Morgan fingerprint density at radius 1 is 1.21 bits per heavy atom. The fraction of sp³-hybridized carbons (Fsp3) is 0.353. The van der Waals surface area contributed by atoms with E-state index < -0.39 is 0 Å². The van der Waals surface area contributed by atoms with Gasteiger partial charge in [0.1, 0.15) is 17.3 Å². The van der Waals surface area contributed by atoms with Crippen LogP contribution in [0, 0.1) is 6.92 Å². The molecule has 0 unspecified atom stereocenters. The zero-order valence-electron chi connectivity index (χ0n) is 13.9. The molecule has 2 aromatic rings. The minimum absolute atomic E-state index is 0.312. The van der Waals surface area contributed by atoms with E-state index in [1.54, 1.807) is 31.2 Å². The first-order valence-electron chi connectivity index (χ1n) is 7.74. The van der Waals surface area contributed by atoms with Gasteiger partial charge in [0.15, 0.2) is 0 Å². The predicted octanol–water partition coefficient (Wildman–Crippen LogP) is 4.58. The Morgan fingerprint density at radius 2 is 1.96 bits per heavy atom. The largest absolute Gasteiger partial charge is 0.360 e. The molecule has 0 radical (unpaired) electrons. The van der Waals surface area contributed by atoms with Crippen LogP contribution in [0.4, 0.5) is 11.5 Å². The van der Waals surface area contributed by atoms with E-state index in [1.165, 1.54) is 0 Å². The Labute approximate surface area is 152 Å². The third-order valence-electron chi connectivity index (χ3n) is 3.47. The lowest BCUT2D eigenvalue weighted by molar-refractivity contribution is 0.102. The topological polar surface area (TPSA) is 58.1 Å². The summed E-state index contributed by atoms with van der Waals surface area (Å²) in [5, 5.41) is 3.59. The van der Waals surface area contributed by atoms with Crippen LogP contribution < -0.4 is 10.2 Å². The first-order chi connectivity index (χ1) is 11.4. The second kappa shape index (κ2) is 8.31. The number of hydrogen-bond donors (Lipinski definition) is 1. The quantitative estimate of drug-likeness (QED) is 0.812. The van der Waals surface area contributed by atoms with Crippen molar-refractivity contribution in [3.05, 3.63) is 45.8 Å². The van der Waals surface area contributed by atoms with Crippen LogP contribution in [0.1, 0.15) is 36.1 Å². The average molecular weight is 367 g/mol. The molecule has 0 fully saturated rings. The number of unbranched alkanes of at least 4 members (excludes halogenated alkanes) is 1. The number of halogens is 2. The van der Waals surface area contributed by atoms with Crippen LogP contribution in [0.25, 0.3) is 0 Å². The Kier molecular flexibility index (Phi) is 6.40. The van der Waals surface area contributed by atoms with E-state index in [0.29, 0.717) is 27.3 Å². The average Bonchev–Trinajstić information content (AvgIpc) is 2.55. The second-order valence-corrected chi connectivity index (χ2v) is 6.33. The first-order valence-corrected chi connectivity index (χ1v) is 8.49. The number of aryl methyl sites for hydroxylation is 1. The predicted molar refractivity (Wildman–Crippen MR) is 99.4 cm³/mol. The molecule has 0 saturated heterocycles. The van der Waals surface area contributed by atoms with Crippen molar-refractivity contribution in [2.24, 2.45) is 0 Å². The number of hydrogen-bond acceptors (Lipinski definition) is 4. The molecule has 0 aliphatic rings. The van der Waals surface area contributed by atoms with Gasteiger partial charge >= 0.3 is 0 Å². The molecule has 1 N–H and O–H groups in total. The highest BCUT2D eigenvalue weighted by atomic mass is 35.5. The Hall–Kier alpha value is -1.85. The molecule has 1 amide bonds. The molecule has 1 aromatic carbocycles. The smallest absolute Gasteiger partial charge is 0.274 e. The minimum Gasteiger partial charge on any atom is -0.360 e. The van der Waals surface area contributed by atoms with E-state index in [0.717, 1.165) is 25.2 Å². The second-order valence-electron chi connectivity index (χ2n) is 5.52. The van der Waals surface area contributed by atoms with Gasteiger partial charge in [0.25, 0.3) is 5.91 Å². The number of benzene rings is 1. The summed E-state index contributed by atoms with van der Waals surface area (Å²) in [6, 6.07) is 6.61. The van der Waals surface area contributed by atoms with Crippen LogP contribution in [-0.2, 0) is 0 Å². The van der Waals surface area contributed by atoms with Gasteiger partial charge in [-0.2, -0.15) is 0 Å². The molecule has 7 heteroatoms. The molecule has 0 spiro atoms. The van der Waals surface area contributed by atoms with E-state index in [2.05, 4.69) is 22.2 Å². The van der Waals surface area contributed by atoms with E-state index in [-0.39, 0.29) is 5.91 Å². The van der Waals surface area contributed by atoms with E-state index >= 15 is 0 Å². The molecule has 24 heavy (non-hydrogen) atoms. The van der Waals surface area contributed by atoms with Crippen LogP contribution in [-0.4, -0.2) is 29.5 Å². The summed E-state index contributed by atoms with van der Waals surface area (Å²) in [6.07, 6.45) is 2.16. The standard InChI is InChI=1S/C17H20Cl2N4O/c1-4-5-8-23(3)16-10-15(20-11(2)21-16)17(24)22-12-6-7-13(18)14(19)9-12/h6-7,9-10H,4-5,8H2,1-3H3,(H,22,24). The molecule has 0 aliphatic heterocycles. The summed E-state index contributed by atoms with van der Waals surface area (Å²) in [7, 11) is 1.96. The van der Waals surface area contributed by atoms with Gasteiger partial charge in [-0.15, -0.1) is 0 Å². The van der Waals surface area contributed by atoms with Crippen molar-refractivity contribution < 1.29 is 4.79 Å². The maximum absolute atomic E-state index is 12.5. The number of aromatic nitrogens is 2. The summed E-state index contributed by atoms with van der Waals surface area (Å²) >= 11 is 11.8. The monoisotopic (exact) mass is 366 g/mol. The Bertz CT molecular complexity index is 737. The number of nitrogens with zero attached hydrogens (tertiary/aromatic N) is 3. The van der Waals surface area contributed by atoms with Crippen molar-refractivity contribution in [3.8, 4) is 0 Å². The number of amides is 1. The number of nitrogens with one attached hydrogen (secondary N) is 1. The SMILES string of the molecule is CCCCN(C)c1cc(C(=O)Nc2ccc(Cl)c(Cl)c2)nc(C)n1. The maximum atomic E-state index is 12.5. The van der Waals surface area contributed by atoms with Crippen LogP contribution >= 0.6 is 23.2 Å². The summed E-state index contributed by atoms with van der Waals surface area (Å²) in [4.78, 5) is 23.1. The van der Waals surface area contributed by atoms with E-state index in [4.69, 9.17) is 23.2 Å². The fourth-order valence-corrected chi connectivity index (χ4v) is 2.44. The summed E-state index contributed by atoms with van der Waals surface area (Å²) in [5.41, 5.74) is 0.874. The lowest BCUT2D eigenvalue weighted by Gasteiger charge is -2.18.